The summed E-state index contributed by atoms with van der Waals surface area (Å²) in [5.41, 5.74) is 0. The summed E-state index contributed by atoms with van der Waals surface area (Å²) >= 11 is 0. The van der Waals surface area contributed by atoms with Crippen LogP contribution in [0, 0.1) is 17.8 Å². The van der Waals surface area contributed by atoms with Crippen LogP contribution in [0.25, 0.3) is 0 Å². The monoisotopic (exact) mass is 274 g/mol. The van der Waals surface area contributed by atoms with Crippen LogP contribution >= 0.6 is 0 Å². The van der Waals surface area contributed by atoms with Gasteiger partial charge in [-0.1, -0.05) is 31.4 Å². The molecule has 112 valence electrons. The standard InChI is InChI=1S/C18H30N2/c1-2-4-18(5-3-1)20-10-8-19(9-11-20)14-17-13-15-6-7-16(17)12-15/h6-7,15-18H,1-5,8-14H2/t15-,16-,17-/m1/s1. The molecule has 0 aromatic rings. The van der Waals surface area contributed by atoms with Crippen molar-refractivity contribution in [3.8, 4) is 0 Å². The minimum absolute atomic E-state index is 0.927. The lowest BCUT2D eigenvalue weighted by Crippen LogP contribution is -2.51. The van der Waals surface area contributed by atoms with Crippen LogP contribution in [0.15, 0.2) is 12.2 Å². The van der Waals surface area contributed by atoms with Crippen LogP contribution in [-0.4, -0.2) is 48.6 Å². The van der Waals surface area contributed by atoms with Crippen molar-refractivity contribution in [3.05, 3.63) is 12.2 Å². The van der Waals surface area contributed by atoms with E-state index in [0.29, 0.717) is 0 Å². The highest BCUT2D eigenvalue weighted by Gasteiger charge is 2.37. The van der Waals surface area contributed by atoms with Crippen LogP contribution in [0.3, 0.4) is 0 Å². The number of allylic oxidation sites excluding steroid dienone is 2. The van der Waals surface area contributed by atoms with Crippen LogP contribution in [-0.2, 0) is 0 Å². The largest absolute Gasteiger partial charge is 0.300 e. The zero-order valence-electron chi connectivity index (χ0n) is 12.8. The maximum Gasteiger partial charge on any atom is 0.0113 e. The fourth-order valence-corrected chi connectivity index (χ4v) is 5.19. The molecule has 4 aliphatic rings. The fourth-order valence-electron chi connectivity index (χ4n) is 5.19. The zero-order valence-corrected chi connectivity index (χ0v) is 12.8. The van der Waals surface area contributed by atoms with Crippen molar-refractivity contribution in [2.24, 2.45) is 17.8 Å². The Kier molecular flexibility index (Phi) is 3.87. The summed E-state index contributed by atoms with van der Waals surface area (Å²) in [7, 11) is 0. The SMILES string of the molecule is C1=C[C@@H]2C[C@@H]1C[C@@H]2CN1CCN(C2CCCCC2)CC1. The molecule has 0 spiro atoms. The predicted octanol–water partition coefficient (Wildman–Crippen LogP) is 3.15. The van der Waals surface area contributed by atoms with Crippen molar-refractivity contribution in [1.82, 2.24) is 9.80 Å². The molecule has 0 aromatic heterocycles. The minimum Gasteiger partial charge on any atom is -0.300 e. The number of fused-ring (bicyclic) bond motifs is 2. The first-order chi connectivity index (χ1) is 9.88. The van der Waals surface area contributed by atoms with Gasteiger partial charge in [-0.3, -0.25) is 4.90 Å². The van der Waals surface area contributed by atoms with Gasteiger partial charge in [-0.25, -0.2) is 0 Å². The van der Waals surface area contributed by atoms with E-state index >= 15 is 0 Å². The van der Waals surface area contributed by atoms with E-state index < -0.39 is 0 Å². The van der Waals surface area contributed by atoms with Gasteiger partial charge in [-0.15, -0.1) is 0 Å². The summed E-state index contributed by atoms with van der Waals surface area (Å²) in [5, 5.41) is 0. The van der Waals surface area contributed by atoms with Gasteiger partial charge in [0.25, 0.3) is 0 Å². The Morgan fingerprint density at radius 2 is 1.65 bits per heavy atom. The summed E-state index contributed by atoms with van der Waals surface area (Å²) in [4.78, 5) is 5.56. The van der Waals surface area contributed by atoms with E-state index in [4.69, 9.17) is 0 Å². The van der Waals surface area contributed by atoms with Crippen molar-refractivity contribution in [2.75, 3.05) is 32.7 Å². The Hall–Kier alpha value is -0.340. The molecule has 1 saturated heterocycles. The average molecular weight is 274 g/mol. The third kappa shape index (κ3) is 2.69. The maximum atomic E-state index is 2.80. The van der Waals surface area contributed by atoms with Gasteiger partial charge in [-0.2, -0.15) is 0 Å². The van der Waals surface area contributed by atoms with E-state index in [9.17, 15) is 0 Å². The third-order valence-electron chi connectivity index (χ3n) is 6.41. The summed E-state index contributed by atoms with van der Waals surface area (Å²) in [6.45, 7) is 6.70. The highest BCUT2D eigenvalue weighted by atomic mass is 15.3. The first kappa shape index (κ1) is 13.3. The Balaban J connectivity index is 1.24. The van der Waals surface area contributed by atoms with Crippen LogP contribution < -0.4 is 0 Å². The predicted molar refractivity (Wildman–Crippen MR) is 83.7 cm³/mol. The van der Waals surface area contributed by atoms with E-state index in [2.05, 4.69) is 22.0 Å². The minimum atomic E-state index is 0.927. The van der Waals surface area contributed by atoms with Gasteiger partial charge in [0.2, 0.25) is 0 Å². The number of rotatable bonds is 3. The van der Waals surface area contributed by atoms with Crippen LogP contribution in [0.5, 0.6) is 0 Å². The molecule has 2 heteroatoms. The second-order valence-corrected chi connectivity index (χ2v) is 7.67. The summed E-state index contributed by atoms with van der Waals surface area (Å²) < 4.78 is 0. The van der Waals surface area contributed by atoms with E-state index in [-0.39, 0.29) is 0 Å². The van der Waals surface area contributed by atoms with Crippen molar-refractivity contribution < 1.29 is 0 Å². The molecule has 4 rings (SSSR count). The topological polar surface area (TPSA) is 6.48 Å². The molecule has 1 heterocycles. The van der Waals surface area contributed by atoms with Gasteiger partial charge >= 0.3 is 0 Å². The van der Waals surface area contributed by atoms with Gasteiger partial charge in [0, 0.05) is 38.8 Å². The van der Waals surface area contributed by atoms with E-state index in [1.165, 1.54) is 77.7 Å². The number of nitrogens with zero attached hydrogens (tertiary/aromatic N) is 2. The number of hydrogen-bond donors (Lipinski definition) is 0. The van der Waals surface area contributed by atoms with Gasteiger partial charge in [0.05, 0.1) is 0 Å². The van der Waals surface area contributed by atoms with Crippen LogP contribution in [0.2, 0.25) is 0 Å². The van der Waals surface area contributed by atoms with Gasteiger partial charge in [0.1, 0.15) is 0 Å². The highest BCUT2D eigenvalue weighted by molar-refractivity contribution is 5.10. The lowest BCUT2D eigenvalue weighted by molar-refractivity contribution is 0.0686. The molecular formula is C18H30N2. The van der Waals surface area contributed by atoms with Crippen molar-refractivity contribution >= 4 is 0 Å². The molecule has 2 saturated carbocycles. The van der Waals surface area contributed by atoms with Crippen molar-refractivity contribution in [3.63, 3.8) is 0 Å². The molecule has 3 fully saturated rings. The lowest BCUT2D eigenvalue weighted by Gasteiger charge is -2.41. The molecule has 0 aromatic carbocycles. The van der Waals surface area contributed by atoms with Gasteiger partial charge < -0.3 is 4.90 Å². The summed E-state index contributed by atoms with van der Waals surface area (Å²) in [6, 6.07) is 0.927. The van der Waals surface area contributed by atoms with E-state index in [1.807, 2.05) is 0 Å². The zero-order chi connectivity index (χ0) is 13.4. The molecule has 2 bridgehead atoms. The van der Waals surface area contributed by atoms with Crippen molar-refractivity contribution in [2.45, 2.75) is 51.0 Å². The Labute approximate surface area is 124 Å². The maximum absolute atomic E-state index is 2.80. The summed E-state index contributed by atoms with van der Waals surface area (Å²) in [5.74, 6) is 2.84. The molecule has 0 N–H and O–H groups in total. The molecule has 0 amide bonds. The highest BCUT2D eigenvalue weighted by Crippen LogP contribution is 2.43. The Bertz CT molecular complexity index is 350. The molecule has 1 aliphatic heterocycles. The Morgan fingerprint density at radius 1 is 0.850 bits per heavy atom. The molecule has 0 radical (unpaired) electrons. The fraction of sp³-hybridized carbons (Fsp3) is 0.889. The van der Waals surface area contributed by atoms with Gasteiger partial charge in [0.15, 0.2) is 0 Å². The number of hydrogen-bond acceptors (Lipinski definition) is 2. The molecule has 2 nitrogen and oxygen atoms in total. The first-order valence-electron chi connectivity index (χ1n) is 9.03. The first-order valence-corrected chi connectivity index (χ1v) is 9.03. The van der Waals surface area contributed by atoms with Crippen LogP contribution in [0.4, 0.5) is 0 Å². The smallest absolute Gasteiger partial charge is 0.0113 e. The van der Waals surface area contributed by atoms with E-state index in [1.54, 1.807) is 0 Å². The molecular weight excluding hydrogens is 244 g/mol. The second kappa shape index (κ2) is 5.81. The third-order valence-corrected chi connectivity index (χ3v) is 6.41. The number of piperazine rings is 1. The molecule has 20 heavy (non-hydrogen) atoms. The summed E-state index contributed by atoms with van der Waals surface area (Å²) in [6.07, 6.45) is 15.3. The van der Waals surface area contributed by atoms with Gasteiger partial charge in [-0.05, 0) is 43.4 Å². The van der Waals surface area contributed by atoms with E-state index in [0.717, 1.165) is 23.8 Å². The second-order valence-electron chi connectivity index (χ2n) is 7.67. The Morgan fingerprint density at radius 3 is 2.30 bits per heavy atom. The quantitative estimate of drug-likeness (QED) is 0.730. The van der Waals surface area contributed by atoms with Crippen molar-refractivity contribution in [1.29, 1.82) is 0 Å². The normalized spacial score (nSPS) is 39.7. The van der Waals surface area contributed by atoms with Crippen LogP contribution in [0.1, 0.15) is 44.9 Å². The average Bonchev–Trinajstić information content (AvgIpc) is 3.12. The lowest BCUT2D eigenvalue weighted by atomic mass is 9.92. The molecule has 3 aliphatic carbocycles. The molecule has 3 atom stereocenters. The molecule has 0 unspecified atom stereocenters.